The van der Waals surface area contributed by atoms with Gasteiger partial charge in [0.2, 0.25) is 0 Å². The summed E-state index contributed by atoms with van der Waals surface area (Å²) < 4.78 is 59.1. The molecule has 0 saturated carbocycles. The van der Waals surface area contributed by atoms with E-state index in [4.69, 9.17) is 18.9 Å². The Morgan fingerprint density at radius 1 is 0.600 bits per heavy atom. The Bertz CT molecular complexity index is 1500. The van der Waals surface area contributed by atoms with Crippen molar-refractivity contribution in [2.45, 2.75) is 198 Å². The zero-order valence-corrected chi connectivity index (χ0v) is 40.6. The summed E-state index contributed by atoms with van der Waals surface area (Å²) in [5.74, 6) is -0.449. The van der Waals surface area contributed by atoms with Crippen LogP contribution in [0.4, 0.5) is 0 Å². The number of hydrogen-bond acceptors (Lipinski definition) is 11. The van der Waals surface area contributed by atoms with E-state index in [-0.39, 0.29) is 19.6 Å². The summed E-state index contributed by atoms with van der Waals surface area (Å²) in [6, 6.07) is 0. The van der Waals surface area contributed by atoms with Crippen molar-refractivity contribution in [1.29, 1.82) is 0 Å². The monoisotopic (exact) mass is 935 g/mol. The van der Waals surface area contributed by atoms with Crippen molar-refractivity contribution in [2.75, 3.05) is 26.4 Å². The highest BCUT2D eigenvalue weighted by atomic mass is 32.3. The van der Waals surface area contributed by atoms with Crippen LogP contribution in [0.1, 0.15) is 162 Å². The first-order valence-corrected chi connectivity index (χ1v) is 25.9. The van der Waals surface area contributed by atoms with Crippen molar-refractivity contribution >= 4 is 16.4 Å². The van der Waals surface area contributed by atoms with Gasteiger partial charge in [-0.1, -0.05) is 156 Å². The Morgan fingerprint density at radius 2 is 1.06 bits per heavy atom. The van der Waals surface area contributed by atoms with Gasteiger partial charge in [0.15, 0.2) is 6.29 Å². The Balaban J connectivity index is 2.45. The molecule has 0 aromatic rings. The van der Waals surface area contributed by atoms with E-state index in [0.29, 0.717) is 13.0 Å². The van der Waals surface area contributed by atoms with E-state index in [9.17, 15) is 33.1 Å². The number of ether oxygens (including phenoxy) is 4. The molecule has 1 rings (SSSR count). The van der Waals surface area contributed by atoms with Gasteiger partial charge in [-0.3, -0.25) is 9.35 Å². The predicted octanol–water partition coefficient (Wildman–Crippen LogP) is 11.0. The van der Waals surface area contributed by atoms with Crippen LogP contribution in [-0.2, 0) is 38.3 Å². The lowest BCUT2D eigenvalue weighted by Crippen LogP contribution is -2.60. The fourth-order valence-electron chi connectivity index (χ4n) is 6.76. The van der Waals surface area contributed by atoms with Gasteiger partial charge in [-0.15, -0.1) is 0 Å². The normalized spacial score (nSPS) is 20.5. The molecule has 13 heteroatoms. The van der Waals surface area contributed by atoms with Crippen LogP contribution < -0.4 is 0 Å². The molecular formula is C52H86O12S. The molecule has 0 aromatic carbocycles. The first kappa shape index (κ1) is 60.0. The van der Waals surface area contributed by atoms with E-state index < -0.39 is 59.8 Å². The van der Waals surface area contributed by atoms with E-state index in [1.807, 2.05) is 0 Å². The minimum absolute atomic E-state index is 0.00444. The van der Waals surface area contributed by atoms with Crippen molar-refractivity contribution in [2.24, 2.45) is 0 Å². The van der Waals surface area contributed by atoms with Crippen LogP contribution in [0.2, 0.25) is 0 Å². The molecule has 1 aliphatic heterocycles. The number of esters is 1. The van der Waals surface area contributed by atoms with Crippen molar-refractivity contribution < 1.29 is 56.2 Å². The maximum absolute atomic E-state index is 12.9. The van der Waals surface area contributed by atoms with Gasteiger partial charge in [-0.2, -0.15) is 8.42 Å². The Morgan fingerprint density at radius 3 is 1.55 bits per heavy atom. The predicted molar refractivity (Wildman–Crippen MR) is 261 cm³/mol. The first-order chi connectivity index (χ1) is 31.6. The fraction of sp³-hybridized carbons (Fsp3) is 0.673. The third kappa shape index (κ3) is 35.8. The minimum Gasteiger partial charge on any atom is -0.457 e. The first-order valence-electron chi connectivity index (χ1n) is 24.5. The summed E-state index contributed by atoms with van der Waals surface area (Å²) in [4.78, 5) is 12.9. The lowest BCUT2D eigenvalue weighted by Gasteiger charge is -2.41. The van der Waals surface area contributed by atoms with E-state index >= 15 is 0 Å². The Hall–Kier alpha value is -2.98. The van der Waals surface area contributed by atoms with Crippen molar-refractivity contribution in [1.82, 2.24) is 0 Å². The Labute approximate surface area is 393 Å². The molecule has 4 N–H and O–H groups in total. The smallest absolute Gasteiger partial charge is 0.397 e. The van der Waals surface area contributed by atoms with Gasteiger partial charge in [0.25, 0.3) is 0 Å². The zero-order valence-electron chi connectivity index (χ0n) is 39.8. The minimum atomic E-state index is -5.08. The van der Waals surface area contributed by atoms with Gasteiger partial charge in [0.1, 0.15) is 30.5 Å². The highest BCUT2D eigenvalue weighted by Crippen LogP contribution is 2.26. The average molecular weight is 935 g/mol. The van der Waals surface area contributed by atoms with Gasteiger partial charge in [-0.05, 0) is 96.3 Å². The van der Waals surface area contributed by atoms with Crippen LogP contribution in [0, 0.1) is 0 Å². The molecule has 0 radical (unpaired) electrons. The molecule has 6 unspecified atom stereocenters. The molecule has 12 nitrogen and oxygen atoms in total. The van der Waals surface area contributed by atoms with Crippen molar-refractivity contribution in [3.8, 4) is 0 Å². The van der Waals surface area contributed by atoms with E-state index in [0.717, 1.165) is 89.9 Å². The number of unbranched alkanes of at least 4 members (excludes halogenated alkanes) is 12. The molecule has 1 heterocycles. The van der Waals surface area contributed by atoms with Gasteiger partial charge >= 0.3 is 16.4 Å². The number of carbonyl (C=O) groups excluding carboxylic acids is 1. The lowest BCUT2D eigenvalue weighted by molar-refractivity contribution is -0.301. The molecule has 1 saturated heterocycles. The molecule has 0 bridgehead atoms. The van der Waals surface area contributed by atoms with E-state index in [2.05, 4.69) is 115 Å². The van der Waals surface area contributed by atoms with Gasteiger partial charge in [0.05, 0.1) is 19.8 Å². The van der Waals surface area contributed by atoms with Crippen LogP contribution >= 0.6 is 0 Å². The molecule has 1 aliphatic rings. The SMILES string of the molecule is CC/C=C\C/C=C\C/C=C\C/C=C\C/C=C\C/C=C\CCCCC(=O)OC(COCCCCCCCC/C=C\C/C=C\CCCCCC)COC1OC(CO)C(O)C(OS(=O)(=O)O)C1O. The third-order valence-corrected chi connectivity index (χ3v) is 10.9. The molecular weight excluding hydrogens is 849 g/mol. The quantitative estimate of drug-likeness (QED) is 0.0198. The maximum Gasteiger partial charge on any atom is 0.397 e. The number of hydrogen-bond donors (Lipinski definition) is 4. The van der Waals surface area contributed by atoms with Crippen molar-refractivity contribution in [3.63, 3.8) is 0 Å². The summed E-state index contributed by atoms with van der Waals surface area (Å²) in [5.41, 5.74) is 0. The highest BCUT2D eigenvalue weighted by Gasteiger charge is 2.48. The summed E-state index contributed by atoms with van der Waals surface area (Å²) in [6.45, 7) is 3.76. The molecule has 1 fully saturated rings. The number of rotatable bonds is 41. The topological polar surface area (TPSA) is 178 Å². The van der Waals surface area contributed by atoms with Crippen LogP contribution in [-0.4, -0.2) is 97.5 Å². The largest absolute Gasteiger partial charge is 0.457 e. The molecule has 6 atom stereocenters. The van der Waals surface area contributed by atoms with E-state index in [1.54, 1.807) is 0 Å². The van der Waals surface area contributed by atoms with Crippen LogP contribution in [0.25, 0.3) is 0 Å². The van der Waals surface area contributed by atoms with Gasteiger partial charge in [-0.25, -0.2) is 4.18 Å². The van der Waals surface area contributed by atoms with Crippen molar-refractivity contribution in [3.05, 3.63) is 97.2 Å². The summed E-state index contributed by atoms with van der Waals surface area (Å²) in [7, 11) is -5.08. The molecule has 0 amide bonds. The number of allylic oxidation sites excluding steroid dienone is 16. The fourth-order valence-corrected chi connectivity index (χ4v) is 7.27. The van der Waals surface area contributed by atoms with Crippen LogP contribution in [0.15, 0.2) is 97.2 Å². The number of aliphatic hydroxyl groups is 3. The lowest BCUT2D eigenvalue weighted by atomic mass is 9.99. The molecule has 0 spiro atoms. The third-order valence-electron chi connectivity index (χ3n) is 10.4. The van der Waals surface area contributed by atoms with Crippen LogP contribution in [0.5, 0.6) is 0 Å². The number of carbonyl (C=O) groups is 1. The van der Waals surface area contributed by atoms with Crippen LogP contribution in [0.3, 0.4) is 0 Å². The molecule has 65 heavy (non-hydrogen) atoms. The summed E-state index contributed by atoms with van der Waals surface area (Å²) >= 11 is 0. The Kier molecular flexibility index (Phi) is 39.1. The second-order valence-electron chi connectivity index (χ2n) is 16.3. The molecule has 372 valence electrons. The average Bonchev–Trinajstić information content (AvgIpc) is 3.28. The zero-order chi connectivity index (χ0) is 47.5. The second kappa shape index (κ2) is 42.4. The highest BCUT2D eigenvalue weighted by molar-refractivity contribution is 7.80. The maximum atomic E-state index is 12.9. The molecule has 0 aliphatic carbocycles. The standard InChI is InChI=1S/C52H86O12S/c1-3-5-7-9-11-13-15-17-19-21-22-23-24-25-27-29-31-33-35-37-39-41-48(54)62-46(45-61-52-50(56)51(64-65(57,58)59)49(55)47(43-53)63-52)44-60-42-40-38-36-34-32-30-28-26-20-18-16-14-12-10-8-6-4-2/h5,7,11,13-14,16-17,19-20,22-23,25-27,31,33,46-47,49-53,55-56H,3-4,6,8-10,12,15,18,21,24,28-30,32,34-45H2,1-2H3,(H,57,58,59)/b7-5-,13-11-,16-14-,19-17-,23-22-,26-20-,27-25-,33-31-. The molecule has 0 aromatic heterocycles. The van der Waals surface area contributed by atoms with Gasteiger partial charge in [0, 0.05) is 13.0 Å². The number of aliphatic hydroxyl groups excluding tert-OH is 3. The van der Waals surface area contributed by atoms with E-state index in [1.165, 1.54) is 44.9 Å². The van der Waals surface area contributed by atoms with Gasteiger partial charge < -0.3 is 34.3 Å². The summed E-state index contributed by atoms with van der Waals surface area (Å²) in [6.07, 6.45) is 48.6. The summed E-state index contributed by atoms with van der Waals surface area (Å²) in [5, 5.41) is 30.7. The second-order valence-corrected chi connectivity index (χ2v) is 17.4.